The number of halogens is 2. The zero-order valence-corrected chi connectivity index (χ0v) is 21.5. The van der Waals surface area contributed by atoms with Crippen molar-refractivity contribution in [1.82, 2.24) is 10.2 Å². The van der Waals surface area contributed by atoms with Gasteiger partial charge in [0.25, 0.3) is 0 Å². The molecule has 1 heterocycles. The van der Waals surface area contributed by atoms with Crippen molar-refractivity contribution in [2.75, 3.05) is 26.2 Å². The molecule has 0 aromatic heterocycles. The number of phenols is 1. The molecular formula is C25H44Cl2N2O. The average Bonchev–Trinajstić information content (AvgIpc) is 2.63. The first kappa shape index (κ1) is 27.6. The Morgan fingerprint density at radius 1 is 0.867 bits per heavy atom. The Balaban J connectivity index is 0.00000225. The van der Waals surface area contributed by atoms with Gasteiger partial charge in [0, 0.05) is 32.2 Å². The third-order valence-corrected chi connectivity index (χ3v) is 6.73. The summed E-state index contributed by atoms with van der Waals surface area (Å²) in [5.74, 6) is 1.24. The molecule has 1 aliphatic carbocycles. The van der Waals surface area contributed by atoms with E-state index in [-0.39, 0.29) is 35.6 Å². The smallest absolute Gasteiger partial charge is 0.123 e. The van der Waals surface area contributed by atoms with Gasteiger partial charge in [0.2, 0.25) is 0 Å². The van der Waals surface area contributed by atoms with Gasteiger partial charge < -0.3 is 10.4 Å². The highest BCUT2D eigenvalue weighted by molar-refractivity contribution is 5.85. The fourth-order valence-electron chi connectivity index (χ4n) is 5.16. The molecule has 0 bridgehead atoms. The van der Waals surface area contributed by atoms with Crippen LogP contribution in [0.15, 0.2) is 12.1 Å². The molecule has 30 heavy (non-hydrogen) atoms. The summed E-state index contributed by atoms with van der Waals surface area (Å²) < 4.78 is 0. The molecule has 0 radical (unpaired) electrons. The molecule has 5 heteroatoms. The molecule has 0 spiro atoms. The molecule has 2 fully saturated rings. The van der Waals surface area contributed by atoms with Crippen LogP contribution in [-0.4, -0.2) is 36.2 Å². The van der Waals surface area contributed by atoms with Gasteiger partial charge in [0.15, 0.2) is 0 Å². The minimum atomic E-state index is -0.0688. The summed E-state index contributed by atoms with van der Waals surface area (Å²) in [6.45, 7) is 17.7. The molecule has 1 aliphatic heterocycles. The van der Waals surface area contributed by atoms with Crippen LogP contribution >= 0.6 is 24.8 Å². The Kier molecular flexibility index (Phi) is 10.0. The van der Waals surface area contributed by atoms with E-state index in [9.17, 15) is 5.11 Å². The lowest BCUT2D eigenvalue weighted by atomic mass is 9.74. The summed E-state index contributed by atoms with van der Waals surface area (Å²) in [7, 11) is 0. The number of rotatable bonds is 3. The molecule has 1 aromatic rings. The largest absolute Gasteiger partial charge is 0.507 e. The molecule has 2 aliphatic rings. The van der Waals surface area contributed by atoms with Crippen molar-refractivity contribution in [2.45, 2.75) is 90.5 Å². The van der Waals surface area contributed by atoms with Gasteiger partial charge in [0.05, 0.1) is 0 Å². The van der Waals surface area contributed by atoms with E-state index in [4.69, 9.17) is 0 Å². The van der Waals surface area contributed by atoms with Crippen LogP contribution in [0.1, 0.15) is 96.4 Å². The van der Waals surface area contributed by atoms with E-state index in [1.165, 1.54) is 37.7 Å². The van der Waals surface area contributed by atoms with Crippen molar-refractivity contribution in [3.63, 3.8) is 0 Å². The average molecular weight is 460 g/mol. The molecule has 0 amide bonds. The number of phenolic OH excluding ortho intramolecular Hbond substituents is 1. The summed E-state index contributed by atoms with van der Waals surface area (Å²) in [4.78, 5) is 2.72. The van der Waals surface area contributed by atoms with Crippen molar-refractivity contribution in [2.24, 2.45) is 5.92 Å². The van der Waals surface area contributed by atoms with Crippen molar-refractivity contribution in [3.05, 3.63) is 28.8 Å². The highest BCUT2D eigenvalue weighted by Crippen LogP contribution is 2.45. The minimum absolute atomic E-state index is 0. The third kappa shape index (κ3) is 6.28. The van der Waals surface area contributed by atoms with Crippen LogP contribution in [0.25, 0.3) is 0 Å². The Morgan fingerprint density at radius 3 is 1.77 bits per heavy atom. The van der Waals surface area contributed by atoms with Crippen molar-refractivity contribution >= 4 is 24.8 Å². The first-order chi connectivity index (χ1) is 13.1. The van der Waals surface area contributed by atoms with Crippen LogP contribution in [0.5, 0.6) is 5.75 Å². The molecule has 1 saturated carbocycles. The second kappa shape index (κ2) is 10.9. The summed E-state index contributed by atoms with van der Waals surface area (Å²) >= 11 is 0. The van der Waals surface area contributed by atoms with Gasteiger partial charge in [-0.2, -0.15) is 0 Å². The highest BCUT2D eigenvalue weighted by Gasteiger charge is 2.34. The van der Waals surface area contributed by atoms with E-state index in [1.807, 2.05) is 0 Å². The number of nitrogens with one attached hydrogen (secondary N) is 1. The van der Waals surface area contributed by atoms with Gasteiger partial charge in [-0.1, -0.05) is 60.8 Å². The molecule has 1 atom stereocenters. The third-order valence-electron chi connectivity index (χ3n) is 6.73. The monoisotopic (exact) mass is 458 g/mol. The maximum Gasteiger partial charge on any atom is 0.123 e. The fraction of sp³-hybridized carbons (Fsp3) is 0.760. The number of hydrogen-bond acceptors (Lipinski definition) is 3. The Hall–Kier alpha value is -0.480. The van der Waals surface area contributed by atoms with Crippen molar-refractivity contribution in [1.29, 1.82) is 0 Å². The predicted octanol–water partition coefficient (Wildman–Crippen LogP) is 6.36. The zero-order chi connectivity index (χ0) is 20.5. The number of piperazine rings is 1. The maximum absolute atomic E-state index is 11.2. The van der Waals surface area contributed by atoms with E-state index in [0.29, 0.717) is 11.8 Å². The summed E-state index contributed by atoms with van der Waals surface area (Å²) in [5.41, 5.74) is 3.50. The fourth-order valence-corrected chi connectivity index (χ4v) is 5.16. The molecule has 174 valence electrons. The van der Waals surface area contributed by atoms with Gasteiger partial charge in [-0.15, -0.1) is 24.8 Å². The van der Waals surface area contributed by atoms with E-state index in [2.05, 4.69) is 63.9 Å². The SMILES string of the molecule is CC(C)(C)c1cc([C@@H](C2CCCCC2)N2CCNCC2)cc(C(C)(C)C)c1O.Cl.Cl. The number of benzene rings is 1. The first-order valence-corrected chi connectivity index (χ1v) is 11.4. The van der Waals surface area contributed by atoms with Gasteiger partial charge in [-0.3, -0.25) is 4.90 Å². The van der Waals surface area contributed by atoms with Gasteiger partial charge in [0.1, 0.15) is 5.75 Å². The Morgan fingerprint density at radius 2 is 1.33 bits per heavy atom. The van der Waals surface area contributed by atoms with Crippen LogP contribution in [0.3, 0.4) is 0 Å². The van der Waals surface area contributed by atoms with Crippen LogP contribution in [0, 0.1) is 5.92 Å². The zero-order valence-electron chi connectivity index (χ0n) is 19.9. The number of aromatic hydroxyl groups is 1. The normalized spacial score (nSPS) is 20.2. The van der Waals surface area contributed by atoms with E-state index in [1.54, 1.807) is 0 Å². The van der Waals surface area contributed by atoms with Gasteiger partial charge in [-0.25, -0.2) is 0 Å². The molecule has 1 aromatic carbocycles. The van der Waals surface area contributed by atoms with Crippen LogP contribution in [0.2, 0.25) is 0 Å². The molecule has 3 rings (SSSR count). The van der Waals surface area contributed by atoms with E-state index in [0.717, 1.165) is 43.2 Å². The molecule has 2 N–H and O–H groups in total. The quantitative estimate of drug-likeness (QED) is 0.552. The lowest BCUT2D eigenvalue weighted by Crippen LogP contribution is -2.47. The number of nitrogens with zero attached hydrogens (tertiary/aromatic N) is 1. The standard InChI is InChI=1S/C25H42N2O.2ClH/c1-24(2,3)20-16-19(17-21(23(20)28)25(4,5)6)22(18-10-8-7-9-11-18)27-14-12-26-13-15-27;;/h16-18,22,26,28H,7-15H2,1-6H3;2*1H/t22-;;/m1../s1. The van der Waals surface area contributed by atoms with Gasteiger partial charge >= 0.3 is 0 Å². The summed E-state index contributed by atoms with van der Waals surface area (Å²) in [6, 6.07) is 5.16. The maximum atomic E-state index is 11.2. The lowest BCUT2D eigenvalue weighted by molar-refractivity contribution is 0.103. The van der Waals surface area contributed by atoms with Crippen molar-refractivity contribution < 1.29 is 5.11 Å². The highest BCUT2D eigenvalue weighted by atomic mass is 35.5. The lowest BCUT2D eigenvalue weighted by Gasteiger charge is -2.42. The van der Waals surface area contributed by atoms with Crippen LogP contribution < -0.4 is 5.32 Å². The summed E-state index contributed by atoms with van der Waals surface area (Å²) in [6.07, 6.45) is 6.80. The van der Waals surface area contributed by atoms with Gasteiger partial charge in [-0.05, 0) is 58.4 Å². The number of hydrogen-bond donors (Lipinski definition) is 2. The van der Waals surface area contributed by atoms with Crippen LogP contribution in [-0.2, 0) is 10.8 Å². The van der Waals surface area contributed by atoms with Crippen LogP contribution in [0.4, 0.5) is 0 Å². The second-order valence-electron chi connectivity index (χ2n) is 11.1. The summed E-state index contributed by atoms with van der Waals surface area (Å²) in [5, 5.41) is 14.7. The minimum Gasteiger partial charge on any atom is -0.507 e. The molecule has 3 nitrogen and oxygen atoms in total. The predicted molar refractivity (Wildman–Crippen MR) is 134 cm³/mol. The molecule has 1 saturated heterocycles. The second-order valence-corrected chi connectivity index (χ2v) is 11.1. The Bertz CT molecular complexity index is 614. The Labute approximate surface area is 197 Å². The topological polar surface area (TPSA) is 35.5 Å². The molecule has 0 unspecified atom stereocenters. The van der Waals surface area contributed by atoms with E-state index < -0.39 is 0 Å². The van der Waals surface area contributed by atoms with Crippen molar-refractivity contribution in [3.8, 4) is 5.75 Å². The molecular weight excluding hydrogens is 415 g/mol. The van der Waals surface area contributed by atoms with E-state index >= 15 is 0 Å². The first-order valence-electron chi connectivity index (χ1n) is 11.4.